The van der Waals surface area contributed by atoms with Crippen molar-refractivity contribution in [1.82, 2.24) is 4.90 Å². The van der Waals surface area contributed by atoms with E-state index in [0.717, 1.165) is 22.3 Å². The van der Waals surface area contributed by atoms with Crippen LogP contribution in [0.15, 0.2) is 84.9 Å². The van der Waals surface area contributed by atoms with E-state index in [9.17, 15) is 9.90 Å². The molecular weight excluding hydrogens is 386 g/mol. The van der Waals surface area contributed by atoms with Gasteiger partial charge in [0.05, 0.1) is 18.1 Å². The molecule has 4 unspecified atom stereocenters. The fraction of sp³-hybridized carbons (Fsp3) is 0.296. The largest absolute Gasteiger partial charge is 0.394 e. The number of aliphatic hydroxyl groups is 1. The van der Waals surface area contributed by atoms with Gasteiger partial charge in [0.15, 0.2) is 5.72 Å². The second-order valence-electron chi connectivity index (χ2n) is 8.90. The molecule has 2 aliphatic heterocycles. The first-order valence-electron chi connectivity index (χ1n) is 10.8. The third-order valence-corrected chi connectivity index (χ3v) is 6.93. The number of hydrogen-bond acceptors (Lipinski definition) is 3. The lowest BCUT2D eigenvalue weighted by molar-refractivity contribution is -0.163. The Hall–Kier alpha value is -2.95. The van der Waals surface area contributed by atoms with Crippen molar-refractivity contribution in [3.63, 3.8) is 0 Å². The zero-order chi connectivity index (χ0) is 21.6. The average molecular weight is 414 g/mol. The Morgan fingerprint density at radius 2 is 1.45 bits per heavy atom. The normalized spacial score (nSPS) is 29.5. The van der Waals surface area contributed by atoms with Crippen molar-refractivity contribution in [1.29, 1.82) is 0 Å². The Morgan fingerprint density at radius 1 is 0.871 bits per heavy atom. The molecule has 4 nitrogen and oxygen atoms in total. The van der Waals surface area contributed by atoms with E-state index in [1.165, 1.54) is 0 Å². The van der Waals surface area contributed by atoms with Crippen LogP contribution >= 0.6 is 0 Å². The van der Waals surface area contributed by atoms with Crippen LogP contribution in [0.1, 0.15) is 42.2 Å². The Kier molecular flexibility index (Phi) is 4.72. The average Bonchev–Trinajstić information content (AvgIpc) is 3.13. The van der Waals surface area contributed by atoms with Gasteiger partial charge in [-0.2, -0.15) is 0 Å². The molecule has 1 saturated heterocycles. The zero-order valence-electron chi connectivity index (χ0n) is 17.9. The van der Waals surface area contributed by atoms with Gasteiger partial charge in [-0.3, -0.25) is 4.79 Å². The summed E-state index contributed by atoms with van der Waals surface area (Å²) in [5.74, 6) is -0.00460. The molecule has 3 aromatic carbocycles. The number of nitrogens with zero attached hydrogens (tertiary/aromatic N) is 1. The molecular formula is C27H27NO3. The minimum Gasteiger partial charge on any atom is -0.394 e. The van der Waals surface area contributed by atoms with Crippen molar-refractivity contribution in [2.45, 2.75) is 43.6 Å². The second-order valence-corrected chi connectivity index (χ2v) is 8.90. The molecule has 1 amide bonds. The number of benzene rings is 3. The number of carbonyl (C=O) groups is 1. The van der Waals surface area contributed by atoms with Gasteiger partial charge in [0.1, 0.15) is 6.10 Å². The predicted molar refractivity (Wildman–Crippen MR) is 119 cm³/mol. The van der Waals surface area contributed by atoms with Gasteiger partial charge in [-0.05, 0) is 37.0 Å². The molecule has 4 heteroatoms. The highest BCUT2D eigenvalue weighted by Gasteiger charge is 2.61. The van der Waals surface area contributed by atoms with Gasteiger partial charge in [-0.25, -0.2) is 0 Å². The maximum absolute atomic E-state index is 14.2. The third kappa shape index (κ3) is 2.93. The molecule has 4 atom stereocenters. The van der Waals surface area contributed by atoms with Crippen molar-refractivity contribution in [3.05, 3.63) is 107 Å². The third-order valence-electron chi connectivity index (χ3n) is 6.93. The Balaban J connectivity index is 1.67. The lowest BCUT2D eigenvalue weighted by Crippen LogP contribution is -2.60. The quantitative estimate of drug-likeness (QED) is 0.692. The summed E-state index contributed by atoms with van der Waals surface area (Å²) in [5, 5.41) is 10.4. The van der Waals surface area contributed by atoms with Gasteiger partial charge in [-0.15, -0.1) is 0 Å². The molecule has 0 radical (unpaired) electrons. The molecule has 0 spiro atoms. The molecule has 0 aliphatic carbocycles. The van der Waals surface area contributed by atoms with E-state index in [2.05, 4.69) is 18.2 Å². The van der Waals surface area contributed by atoms with Crippen LogP contribution in [0.25, 0.3) is 0 Å². The van der Waals surface area contributed by atoms with E-state index in [-0.39, 0.29) is 12.5 Å². The van der Waals surface area contributed by atoms with Crippen molar-refractivity contribution >= 4 is 5.91 Å². The molecule has 31 heavy (non-hydrogen) atoms. The number of aliphatic hydroxyl groups excluding tert-OH is 1. The second kappa shape index (κ2) is 7.33. The first-order valence-corrected chi connectivity index (χ1v) is 10.8. The molecule has 2 heterocycles. The van der Waals surface area contributed by atoms with Crippen LogP contribution in [0, 0.1) is 0 Å². The number of amides is 1. The maximum Gasteiger partial charge on any atom is 0.236 e. The molecule has 2 aliphatic rings. The summed E-state index contributed by atoms with van der Waals surface area (Å²) in [4.78, 5) is 16.0. The zero-order valence-corrected chi connectivity index (χ0v) is 17.9. The van der Waals surface area contributed by atoms with Crippen molar-refractivity contribution in [2.24, 2.45) is 0 Å². The Morgan fingerprint density at radius 3 is 2.10 bits per heavy atom. The summed E-state index contributed by atoms with van der Waals surface area (Å²) in [6.45, 7) is 3.81. The minimum atomic E-state index is -0.933. The topological polar surface area (TPSA) is 49.8 Å². The van der Waals surface area contributed by atoms with Gasteiger partial charge in [0, 0.05) is 5.56 Å². The van der Waals surface area contributed by atoms with Crippen LogP contribution in [0.4, 0.5) is 0 Å². The van der Waals surface area contributed by atoms with E-state index >= 15 is 0 Å². The Bertz CT molecular complexity index is 1100. The highest BCUT2D eigenvalue weighted by molar-refractivity contribution is 5.92. The van der Waals surface area contributed by atoms with Crippen LogP contribution in [0.2, 0.25) is 0 Å². The van der Waals surface area contributed by atoms with E-state index < -0.39 is 23.3 Å². The highest BCUT2D eigenvalue weighted by atomic mass is 16.5. The first-order chi connectivity index (χ1) is 15.0. The molecule has 158 valence electrons. The van der Waals surface area contributed by atoms with Gasteiger partial charge in [0.2, 0.25) is 5.91 Å². The van der Waals surface area contributed by atoms with Crippen molar-refractivity contribution < 1.29 is 14.6 Å². The van der Waals surface area contributed by atoms with Crippen molar-refractivity contribution in [3.8, 4) is 0 Å². The van der Waals surface area contributed by atoms with E-state index in [0.29, 0.717) is 6.42 Å². The molecule has 0 bridgehead atoms. The van der Waals surface area contributed by atoms with Crippen LogP contribution in [-0.4, -0.2) is 28.6 Å². The summed E-state index contributed by atoms with van der Waals surface area (Å²) < 4.78 is 6.63. The number of hydrogen-bond donors (Lipinski definition) is 1. The van der Waals surface area contributed by atoms with E-state index in [1.807, 2.05) is 80.6 Å². The van der Waals surface area contributed by atoms with Gasteiger partial charge < -0.3 is 14.7 Å². The highest BCUT2D eigenvalue weighted by Crippen LogP contribution is 2.54. The van der Waals surface area contributed by atoms with E-state index in [1.54, 1.807) is 4.90 Å². The standard InChI is InChI=1S/C27H27NO3/c1-26(17-19-11-5-3-6-12-19)21-15-9-10-16-22(21)27(2)28(25(26)30)23(18-29)24(31-27)20-13-7-4-8-14-20/h3-16,23-24,29H,17-18H2,1-2H3. The molecule has 5 rings (SSSR count). The fourth-order valence-corrected chi connectivity index (χ4v) is 5.41. The number of rotatable bonds is 4. The van der Waals surface area contributed by atoms with Crippen LogP contribution in [0.5, 0.6) is 0 Å². The fourth-order valence-electron chi connectivity index (χ4n) is 5.41. The number of carbonyl (C=O) groups excluding carboxylic acids is 1. The lowest BCUT2D eigenvalue weighted by atomic mass is 9.69. The summed E-state index contributed by atoms with van der Waals surface area (Å²) in [5.41, 5.74) is 2.37. The summed E-state index contributed by atoms with van der Waals surface area (Å²) in [6.07, 6.45) is 0.192. The molecule has 0 aromatic heterocycles. The molecule has 1 fully saturated rings. The SMILES string of the molecule is CC1(Cc2ccccc2)C(=O)N2C(CO)C(c3ccccc3)OC2(C)c2ccccc21. The molecule has 1 N–H and O–H groups in total. The number of ether oxygens (including phenoxy) is 1. The first kappa shape index (κ1) is 20.0. The van der Waals surface area contributed by atoms with Crippen LogP contribution < -0.4 is 0 Å². The van der Waals surface area contributed by atoms with Crippen LogP contribution in [-0.2, 0) is 27.1 Å². The maximum atomic E-state index is 14.2. The smallest absolute Gasteiger partial charge is 0.236 e. The van der Waals surface area contributed by atoms with Crippen LogP contribution in [0.3, 0.4) is 0 Å². The molecule has 0 saturated carbocycles. The number of fused-ring (bicyclic) bond motifs is 3. The summed E-state index contributed by atoms with van der Waals surface area (Å²) in [7, 11) is 0. The summed E-state index contributed by atoms with van der Waals surface area (Å²) in [6, 6.07) is 27.6. The van der Waals surface area contributed by atoms with Gasteiger partial charge in [-0.1, -0.05) is 84.9 Å². The van der Waals surface area contributed by atoms with Gasteiger partial charge in [0.25, 0.3) is 0 Å². The molecule has 3 aromatic rings. The monoisotopic (exact) mass is 413 g/mol. The summed E-state index contributed by atoms with van der Waals surface area (Å²) >= 11 is 0. The minimum absolute atomic E-state index is 0.00460. The predicted octanol–water partition coefficient (Wildman–Crippen LogP) is 4.33. The van der Waals surface area contributed by atoms with Gasteiger partial charge >= 0.3 is 0 Å². The van der Waals surface area contributed by atoms with Crippen molar-refractivity contribution in [2.75, 3.05) is 6.61 Å². The van der Waals surface area contributed by atoms with E-state index in [4.69, 9.17) is 4.74 Å². The Labute approximate surface area is 183 Å². The lowest BCUT2D eigenvalue weighted by Gasteiger charge is -2.48.